The predicted octanol–water partition coefficient (Wildman–Crippen LogP) is 2.70. The molecular formula is C15H23N3OS. The molecule has 0 aromatic carbocycles. The van der Waals surface area contributed by atoms with Gasteiger partial charge in [0.05, 0.1) is 11.8 Å². The maximum absolute atomic E-state index is 10.1. The van der Waals surface area contributed by atoms with E-state index in [2.05, 4.69) is 24.3 Å². The summed E-state index contributed by atoms with van der Waals surface area (Å²) in [5.41, 5.74) is 3.52. The molecule has 20 heavy (non-hydrogen) atoms. The minimum Gasteiger partial charge on any atom is -0.388 e. The number of aliphatic hydroxyl groups is 1. The van der Waals surface area contributed by atoms with Crippen LogP contribution in [0, 0.1) is 13.8 Å². The Morgan fingerprint density at radius 3 is 2.75 bits per heavy atom. The van der Waals surface area contributed by atoms with E-state index < -0.39 is 0 Å². The molecule has 2 aromatic heterocycles. The zero-order valence-corrected chi connectivity index (χ0v) is 13.4. The monoisotopic (exact) mass is 293 g/mol. The van der Waals surface area contributed by atoms with Gasteiger partial charge in [-0.3, -0.25) is 4.68 Å². The van der Waals surface area contributed by atoms with E-state index >= 15 is 0 Å². The molecule has 2 heterocycles. The Morgan fingerprint density at radius 1 is 1.45 bits per heavy atom. The molecule has 110 valence electrons. The third kappa shape index (κ3) is 3.48. The number of nitrogens with zero attached hydrogens (tertiary/aromatic N) is 2. The Kier molecular flexibility index (Phi) is 4.96. The minimum atomic E-state index is -0.381. The van der Waals surface area contributed by atoms with Crippen LogP contribution in [-0.2, 0) is 13.6 Å². The van der Waals surface area contributed by atoms with Crippen molar-refractivity contribution in [2.24, 2.45) is 7.05 Å². The van der Waals surface area contributed by atoms with Crippen LogP contribution < -0.4 is 5.32 Å². The zero-order valence-electron chi connectivity index (χ0n) is 12.6. The number of aromatic nitrogens is 2. The fraction of sp³-hybridized carbons (Fsp3) is 0.533. The highest BCUT2D eigenvalue weighted by Crippen LogP contribution is 2.23. The second kappa shape index (κ2) is 6.52. The van der Waals surface area contributed by atoms with Crippen LogP contribution in [0.4, 0.5) is 0 Å². The Bertz CT molecular complexity index is 548. The zero-order chi connectivity index (χ0) is 14.7. The van der Waals surface area contributed by atoms with Gasteiger partial charge in [-0.05, 0) is 38.6 Å². The molecule has 0 bridgehead atoms. The quantitative estimate of drug-likeness (QED) is 0.861. The second-order valence-electron chi connectivity index (χ2n) is 5.32. The van der Waals surface area contributed by atoms with E-state index in [0.717, 1.165) is 23.5 Å². The summed E-state index contributed by atoms with van der Waals surface area (Å²) < 4.78 is 1.91. The van der Waals surface area contributed by atoms with Gasteiger partial charge in [-0.25, -0.2) is 0 Å². The summed E-state index contributed by atoms with van der Waals surface area (Å²) in [5, 5.41) is 20.0. The van der Waals surface area contributed by atoms with Crippen molar-refractivity contribution >= 4 is 11.3 Å². The third-order valence-corrected chi connectivity index (χ3v) is 4.71. The summed E-state index contributed by atoms with van der Waals surface area (Å²) >= 11 is 1.60. The molecule has 0 unspecified atom stereocenters. The molecule has 5 heteroatoms. The molecule has 2 atom stereocenters. The van der Waals surface area contributed by atoms with Crippen molar-refractivity contribution in [3.8, 4) is 0 Å². The highest BCUT2D eigenvalue weighted by atomic mass is 32.1. The number of aliphatic hydroxyl groups excluding tert-OH is 1. The van der Waals surface area contributed by atoms with Gasteiger partial charge in [0, 0.05) is 35.8 Å². The summed E-state index contributed by atoms with van der Waals surface area (Å²) in [6, 6.07) is 4.22. The van der Waals surface area contributed by atoms with E-state index in [1.165, 1.54) is 11.3 Å². The predicted molar refractivity (Wildman–Crippen MR) is 82.9 cm³/mol. The molecule has 0 aliphatic heterocycles. The smallest absolute Gasteiger partial charge is 0.0896 e. The SMILES string of the molecule is Cc1nn(C)c(C)c1CN[C@H](C)C[C@H](O)c1cccs1. The van der Waals surface area contributed by atoms with E-state index in [1.54, 1.807) is 11.3 Å². The largest absolute Gasteiger partial charge is 0.388 e. The molecule has 0 saturated carbocycles. The molecule has 0 amide bonds. The Balaban J connectivity index is 1.87. The molecule has 2 aromatic rings. The van der Waals surface area contributed by atoms with Crippen molar-refractivity contribution in [3.05, 3.63) is 39.3 Å². The van der Waals surface area contributed by atoms with Crippen molar-refractivity contribution < 1.29 is 5.11 Å². The first kappa shape index (κ1) is 15.2. The van der Waals surface area contributed by atoms with Gasteiger partial charge in [-0.2, -0.15) is 5.10 Å². The van der Waals surface area contributed by atoms with Crippen molar-refractivity contribution in [1.29, 1.82) is 0 Å². The lowest BCUT2D eigenvalue weighted by Crippen LogP contribution is -2.27. The van der Waals surface area contributed by atoms with Crippen LogP contribution in [0.5, 0.6) is 0 Å². The molecule has 0 fully saturated rings. The van der Waals surface area contributed by atoms with Crippen LogP contribution in [0.3, 0.4) is 0 Å². The van der Waals surface area contributed by atoms with Crippen molar-refractivity contribution in [2.75, 3.05) is 0 Å². The molecule has 0 radical (unpaired) electrons. The molecule has 2 N–H and O–H groups in total. The van der Waals surface area contributed by atoms with E-state index in [9.17, 15) is 5.11 Å². The first-order valence-corrected chi connectivity index (χ1v) is 7.81. The van der Waals surface area contributed by atoms with Crippen LogP contribution >= 0.6 is 11.3 Å². The van der Waals surface area contributed by atoms with E-state index in [4.69, 9.17) is 0 Å². The van der Waals surface area contributed by atoms with Crippen molar-refractivity contribution in [1.82, 2.24) is 15.1 Å². The van der Waals surface area contributed by atoms with Gasteiger partial charge in [0.1, 0.15) is 0 Å². The standard InChI is InChI=1S/C15H23N3OS/c1-10(8-14(19)15-6-5-7-20-15)16-9-13-11(2)17-18(4)12(13)3/h5-7,10,14,16,19H,8-9H2,1-4H3/t10-,14+/m1/s1. The van der Waals surface area contributed by atoms with Gasteiger partial charge in [0.25, 0.3) is 0 Å². The maximum Gasteiger partial charge on any atom is 0.0896 e. The number of hydrogen-bond donors (Lipinski definition) is 2. The van der Waals surface area contributed by atoms with Gasteiger partial charge >= 0.3 is 0 Å². The maximum atomic E-state index is 10.1. The van der Waals surface area contributed by atoms with Crippen LogP contribution in [0.15, 0.2) is 17.5 Å². The number of aryl methyl sites for hydroxylation is 2. The summed E-state index contributed by atoms with van der Waals surface area (Å²) in [5.74, 6) is 0. The molecule has 4 nitrogen and oxygen atoms in total. The molecule has 0 aliphatic carbocycles. The fourth-order valence-electron chi connectivity index (χ4n) is 2.36. The van der Waals surface area contributed by atoms with Crippen molar-refractivity contribution in [3.63, 3.8) is 0 Å². The number of thiophene rings is 1. The van der Waals surface area contributed by atoms with Crippen LogP contribution in [0.25, 0.3) is 0 Å². The first-order chi connectivity index (χ1) is 9.49. The Labute approximate surface area is 124 Å². The van der Waals surface area contributed by atoms with Crippen LogP contribution in [0.1, 0.15) is 41.3 Å². The first-order valence-electron chi connectivity index (χ1n) is 6.93. The highest BCUT2D eigenvalue weighted by Gasteiger charge is 2.15. The van der Waals surface area contributed by atoms with Crippen LogP contribution in [0.2, 0.25) is 0 Å². The van der Waals surface area contributed by atoms with E-state index in [0.29, 0.717) is 0 Å². The van der Waals surface area contributed by atoms with Gasteiger partial charge in [0.15, 0.2) is 0 Å². The average Bonchev–Trinajstić information content (AvgIpc) is 2.98. The summed E-state index contributed by atoms with van der Waals surface area (Å²) in [7, 11) is 1.97. The minimum absolute atomic E-state index is 0.256. The Morgan fingerprint density at radius 2 is 2.20 bits per heavy atom. The highest BCUT2D eigenvalue weighted by molar-refractivity contribution is 7.10. The lowest BCUT2D eigenvalue weighted by Gasteiger charge is -2.17. The molecular weight excluding hydrogens is 270 g/mol. The molecule has 0 spiro atoms. The van der Waals surface area contributed by atoms with Crippen LogP contribution in [-0.4, -0.2) is 20.9 Å². The Hall–Kier alpha value is -1.17. The fourth-order valence-corrected chi connectivity index (χ4v) is 3.09. The third-order valence-electron chi connectivity index (χ3n) is 3.73. The number of rotatable bonds is 6. The van der Waals surface area contributed by atoms with Gasteiger partial charge in [0.2, 0.25) is 0 Å². The van der Waals surface area contributed by atoms with Gasteiger partial charge in [-0.1, -0.05) is 6.07 Å². The molecule has 0 aliphatic rings. The average molecular weight is 293 g/mol. The van der Waals surface area contributed by atoms with Crippen molar-refractivity contribution in [2.45, 2.75) is 45.9 Å². The van der Waals surface area contributed by atoms with Gasteiger partial charge in [-0.15, -0.1) is 11.3 Å². The topological polar surface area (TPSA) is 50.1 Å². The summed E-state index contributed by atoms with van der Waals surface area (Å²) in [4.78, 5) is 1.03. The summed E-state index contributed by atoms with van der Waals surface area (Å²) in [6.45, 7) is 7.03. The summed E-state index contributed by atoms with van der Waals surface area (Å²) in [6.07, 6.45) is 0.340. The van der Waals surface area contributed by atoms with E-state index in [-0.39, 0.29) is 12.1 Å². The van der Waals surface area contributed by atoms with E-state index in [1.807, 2.05) is 36.2 Å². The number of nitrogens with one attached hydrogen (secondary N) is 1. The normalized spacial score (nSPS) is 14.4. The lowest BCUT2D eigenvalue weighted by atomic mass is 10.1. The molecule has 2 rings (SSSR count). The second-order valence-corrected chi connectivity index (χ2v) is 6.30. The van der Waals surface area contributed by atoms with Gasteiger partial charge < -0.3 is 10.4 Å². The molecule has 0 saturated heterocycles. The lowest BCUT2D eigenvalue weighted by molar-refractivity contribution is 0.157. The number of hydrogen-bond acceptors (Lipinski definition) is 4.